The number of nitrogens with zero attached hydrogens (tertiary/aromatic N) is 3. The third-order valence-electron chi connectivity index (χ3n) is 3.91. The summed E-state index contributed by atoms with van der Waals surface area (Å²) in [5, 5.41) is 8.98. The van der Waals surface area contributed by atoms with Gasteiger partial charge in [0.25, 0.3) is 0 Å². The molecule has 0 aliphatic carbocycles. The summed E-state index contributed by atoms with van der Waals surface area (Å²) in [5.41, 5.74) is 1.09. The van der Waals surface area contributed by atoms with Crippen molar-refractivity contribution in [2.45, 2.75) is 25.0 Å². The third kappa shape index (κ3) is 4.91. The van der Waals surface area contributed by atoms with Crippen LogP contribution in [-0.4, -0.2) is 40.2 Å². The highest BCUT2D eigenvalue weighted by atomic mass is 32.2. The van der Waals surface area contributed by atoms with E-state index in [1.54, 1.807) is 19.4 Å². The van der Waals surface area contributed by atoms with Crippen molar-refractivity contribution in [3.8, 4) is 17.3 Å². The maximum absolute atomic E-state index is 12.0. The van der Waals surface area contributed by atoms with Crippen LogP contribution in [0.3, 0.4) is 0 Å². The number of thioether (sulfide) groups is 1. The minimum atomic E-state index is -0.279. The number of methoxy groups -OCH3 is 1. The Balaban J connectivity index is 1.47. The lowest BCUT2D eigenvalue weighted by Crippen LogP contribution is -2.11. The van der Waals surface area contributed by atoms with Crippen molar-refractivity contribution in [3.63, 3.8) is 0 Å². The molecule has 7 nitrogen and oxygen atoms in total. The van der Waals surface area contributed by atoms with Crippen molar-refractivity contribution < 1.29 is 18.7 Å². The Hall–Kier alpha value is -2.74. The van der Waals surface area contributed by atoms with Crippen molar-refractivity contribution in [1.29, 1.82) is 0 Å². The van der Waals surface area contributed by atoms with Crippen LogP contribution in [0.2, 0.25) is 0 Å². The molecule has 0 radical (unpaired) electrons. The molecular formula is C19H21N3O4S. The van der Waals surface area contributed by atoms with Crippen molar-refractivity contribution >= 4 is 17.7 Å². The van der Waals surface area contributed by atoms with E-state index in [9.17, 15) is 4.79 Å². The number of hydrogen-bond acceptors (Lipinski definition) is 7. The fourth-order valence-corrected chi connectivity index (χ4v) is 3.31. The number of aromatic nitrogens is 3. The van der Waals surface area contributed by atoms with Gasteiger partial charge < -0.3 is 13.9 Å². The molecule has 3 aromatic rings. The molecule has 27 heavy (non-hydrogen) atoms. The Labute approximate surface area is 161 Å². The van der Waals surface area contributed by atoms with E-state index in [4.69, 9.17) is 13.9 Å². The van der Waals surface area contributed by atoms with E-state index >= 15 is 0 Å². The minimum absolute atomic E-state index is 0.179. The molecule has 2 heterocycles. The van der Waals surface area contributed by atoms with Crippen LogP contribution in [0.5, 0.6) is 5.75 Å². The lowest BCUT2D eigenvalue weighted by Gasteiger charge is -2.07. The summed E-state index contributed by atoms with van der Waals surface area (Å²) in [6, 6.07) is 11.3. The second kappa shape index (κ2) is 9.27. The van der Waals surface area contributed by atoms with Crippen molar-refractivity contribution in [2.75, 3.05) is 19.5 Å². The Morgan fingerprint density at radius 2 is 2.04 bits per heavy atom. The van der Waals surface area contributed by atoms with Crippen molar-refractivity contribution in [1.82, 2.24) is 14.8 Å². The van der Waals surface area contributed by atoms with Gasteiger partial charge in [-0.3, -0.25) is 9.36 Å². The van der Waals surface area contributed by atoms with Gasteiger partial charge in [-0.1, -0.05) is 23.9 Å². The molecule has 3 rings (SSSR count). The van der Waals surface area contributed by atoms with Gasteiger partial charge in [-0.15, -0.1) is 10.2 Å². The Bertz CT molecular complexity index is 860. The zero-order valence-electron chi connectivity index (χ0n) is 15.3. The van der Waals surface area contributed by atoms with Gasteiger partial charge >= 0.3 is 5.97 Å². The topological polar surface area (TPSA) is 79.4 Å². The highest BCUT2D eigenvalue weighted by Gasteiger charge is 2.16. The molecule has 0 fully saturated rings. The molecule has 0 amide bonds. The summed E-state index contributed by atoms with van der Waals surface area (Å²) in [6.45, 7) is 3.01. The van der Waals surface area contributed by atoms with Crippen LogP contribution in [0, 0.1) is 0 Å². The van der Waals surface area contributed by atoms with Crippen LogP contribution in [-0.2, 0) is 22.5 Å². The summed E-state index contributed by atoms with van der Waals surface area (Å²) in [6.07, 6.45) is 2.26. The summed E-state index contributed by atoms with van der Waals surface area (Å²) in [5.74, 6) is 2.01. The Kier molecular flexibility index (Phi) is 6.54. The van der Waals surface area contributed by atoms with Gasteiger partial charge in [0.05, 0.1) is 25.7 Å². The van der Waals surface area contributed by atoms with E-state index in [1.165, 1.54) is 11.8 Å². The van der Waals surface area contributed by atoms with Gasteiger partial charge in [0.15, 0.2) is 16.7 Å². The maximum atomic E-state index is 12.0. The molecule has 0 saturated carbocycles. The number of ether oxygens (including phenoxy) is 2. The first kappa shape index (κ1) is 19.0. The van der Waals surface area contributed by atoms with Crippen LogP contribution in [0.1, 0.15) is 12.5 Å². The van der Waals surface area contributed by atoms with E-state index in [0.717, 1.165) is 11.3 Å². The number of carbonyl (C=O) groups is 1. The predicted octanol–water partition coefficient (Wildman–Crippen LogP) is 3.44. The molecule has 0 saturated heterocycles. The van der Waals surface area contributed by atoms with E-state index in [2.05, 4.69) is 10.2 Å². The Morgan fingerprint density at radius 3 is 2.70 bits per heavy atom. The van der Waals surface area contributed by atoms with Gasteiger partial charge in [-0.25, -0.2) is 0 Å². The number of hydrogen-bond donors (Lipinski definition) is 0. The number of rotatable bonds is 9. The summed E-state index contributed by atoms with van der Waals surface area (Å²) >= 11 is 1.31. The normalized spacial score (nSPS) is 10.7. The molecule has 0 bridgehead atoms. The SMILES string of the molecule is CCn1c(SCC(=O)OCCc2ccc(OC)cc2)nnc1-c1ccco1. The standard InChI is InChI=1S/C19H21N3O4S/c1-3-22-18(16-5-4-11-25-16)20-21-19(22)27-13-17(23)26-12-10-14-6-8-15(24-2)9-7-14/h4-9,11H,3,10,12-13H2,1-2H3. The molecule has 2 aromatic heterocycles. The first-order chi connectivity index (χ1) is 13.2. The molecule has 0 aliphatic heterocycles. The molecule has 0 unspecified atom stereocenters. The van der Waals surface area contributed by atoms with Gasteiger partial charge in [0.1, 0.15) is 5.75 Å². The molecule has 1 aromatic carbocycles. The molecule has 0 N–H and O–H groups in total. The fraction of sp³-hybridized carbons (Fsp3) is 0.316. The first-order valence-electron chi connectivity index (χ1n) is 8.59. The zero-order valence-corrected chi connectivity index (χ0v) is 16.1. The number of furan rings is 1. The van der Waals surface area contributed by atoms with Crippen LogP contribution in [0.15, 0.2) is 52.2 Å². The van der Waals surface area contributed by atoms with Gasteiger partial charge in [-0.05, 0) is 36.8 Å². The van der Waals surface area contributed by atoms with Crippen molar-refractivity contribution in [2.24, 2.45) is 0 Å². The molecule has 0 aliphatic rings. The highest BCUT2D eigenvalue weighted by Crippen LogP contribution is 2.24. The highest BCUT2D eigenvalue weighted by molar-refractivity contribution is 7.99. The summed E-state index contributed by atoms with van der Waals surface area (Å²) < 4.78 is 17.7. The number of carbonyl (C=O) groups excluding carboxylic acids is 1. The van der Waals surface area contributed by atoms with Crippen LogP contribution in [0.25, 0.3) is 11.6 Å². The van der Waals surface area contributed by atoms with E-state index in [1.807, 2.05) is 41.8 Å². The molecule has 8 heteroatoms. The zero-order chi connectivity index (χ0) is 19.1. The monoisotopic (exact) mass is 387 g/mol. The molecule has 0 atom stereocenters. The largest absolute Gasteiger partial charge is 0.497 e. The van der Waals surface area contributed by atoms with Crippen molar-refractivity contribution in [3.05, 3.63) is 48.2 Å². The quantitative estimate of drug-likeness (QED) is 0.411. The van der Waals surface area contributed by atoms with Gasteiger partial charge in [-0.2, -0.15) is 0 Å². The molecule has 0 spiro atoms. The van der Waals surface area contributed by atoms with Crippen LogP contribution in [0.4, 0.5) is 0 Å². The summed E-state index contributed by atoms with van der Waals surface area (Å²) in [4.78, 5) is 12.0. The van der Waals surface area contributed by atoms with Gasteiger partial charge in [0, 0.05) is 13.0 Å². The van der Waals surface area contributed by atoms with E-state index in [0.29, 0.717) is 36.3 Å². The van der Waals surface area contributed by atoms with Crippen LogP contribution < -0.4 is 4.74 Å². The average molecular weight is 387 g/mol. The maximum Gasteiger partial charge on any atom is 0.316 e. The second-order valence-corrected chi connectivity index (χ2v) is 6.58. The molecular weight excluding hydrogens is 366 g/mol. The first-order valence-corrected chi connectivity index (χ1v) is 9.58. The average Bonchev–Trinajstić information content (AvgIpc) is 3.36. The predicted molar refractivity (Wildman–Crippen MR) is 102 cm³/mol. The second-order valence-electron chi connectivity index (χ2n) is 5.63. The number of esters is 1. The fourth-order valence-electron chi connectivity index (χ4n) is 2.51. The summed E-state index contributed by atoms with van der Waals surface area (Å²) in [7, 11) is 1.63. The van der Waals surface area contributed by atoms with E-state index < -0.39 is 0 Å². The lowest BCUT2D eigenvalue weighted by atomic mass is 10.1. The Morgan fingerprint density at radius 1 is 1.22 bits per heavy atom. The minimum Gasteiger partial charge on any atom is -0.497 e. The number of benzene rings is 1. The van der Waals surface area contributed by atoms with Crippen LogP contribution >= 0.6 is 11.8 Å². The van der Waals surface area contributed by atoms with E-state index in [-0.39, 0.29) is 11.7 Å². The smallest absolute Gasteiger partial charge is 0.316 e. The lowest BCUT2D eigenvalue weighted by molar-refractivity contribution is -0.140. The molecule has 142 valence electrons. The van der Waals surface area contributed by atoms with Gasteiger partial charge in [0.2, 0.25) is 0 Å². The third-order valence-corrected chi connectivity index (χ3v) is 4.85.